The van der Waals surface area contributed by atoms with E-state index >= 15 is 0 Å². The second-order valence-electron chi connectivity index (χ2n) is 6.37. The number of likely N-dealkylation sites (N-methyl/N-ethyl adjacent to an activating group) is 1. The molecular formula is C15H25N5O2. The number of ether oxygens (including phenoxy) is 1. The molecule has 22 heavy (non-hydrogen) atoms. The predicted molar refractivity (Wildman–Crippen MR) is 82.1 cm³/mol. The highest BCUT2D eigenvalue weighted by atomic mass is 16.5. The minimum absolute atomic E-state index is 0.179. The van der Waals surface area contributed by atoms with Crippen LogP contribution in [-0.2, 0) is 36.2 Å². The Labute approximate surface area is 131 Å². The van der Waals surface area contributed by atoms with E-state index in [4.69, 9.17) is 4.74 Å². The standard InChI is InChI=1S/C15H25N5O2/c1-17(2)11-15(21)20-8-12-13(16-18(3)14(12)10-20)9-19-4-6-22-7-5-19/h4-11H2,1-3H3. The molecule has 0 N–H and O–H groups in total. The average molecular weight is 307 g/mol. The number of carbonyl (C=O) groups excluding carboxylic acids is 1. The molecule has 0 bridgehead atoms. The van der Waals surface area contributed by atoms with Crippen molar-refractivity contribution < 1.29 is 9.53 Å². The molecule has 1 saturated heterocycles. The van der Waals surface area contributed by atoms with Gasteiger partial charge in [0.05, 0.1) is 37.7 Å². The van der Waals surface area contributed by atoms with Gasteiger partial charge in [-0.2, -0.15) is 5.10 Å². The Kier molecular flexibility index (Phi) is 4.46. The summed E-state index contributed by atoms with van der Waals surface area (Å²) in [5.74, 6) is 0.179. The summed E-state index contributed by atoms with van der Waals surface area (Å²) in [6.07, 6.45) is 0. The van der Waals surface area contributed by atoms with Crippen LogP contribution in [0.3, 0.4) is 0 Å². The quantitative estimate of drug-likeness (QED) is 0.761. The van der Waals surface area contributed by atoms with Gasteiger partial charge in [-0.05, 0) is 14.1 Å². The van der Waals surface area contributed by atoms with E-state index in [0.29, 0.717) is 19.6 Å². The summed E-state index contributed by atoms with van der Waals surface area (Å²) in [6, 6.07) is 0. The van der Waals surface area contributed by atoms with Crippen LogP contribution in [-0.4, -0.2) is 77.3 Å². The number of nitrogens with zero attached hydrogens (tertiary/aromatic N) is 5. The van der Waals surface area contributed by atoms with Gasteiger partial charge < -0.3 is 14.5 Å². The molecule has 0 aliphatic carbocycles. The van der Waals surface area contributed by atoms with Gasteiger partial charge in [0.2, 0.25) is 5.91 Å². The first-order chi connectivity index (χ1) is 10.5. The number of amides is 1. The van der Waals surface area contributed by atoms with Crippen molar-refractivity contribution in [1.29, 1.82) is 0 Å². The maximum atomic E-state index is 12.3. The summed E-state index contributed by atoms with van der Waals surface area (Å²) in [4.78, 5) is 18.5. The molecule has 1 aromatic heterocycles. The smallest absolute Gasteiger partial charge is 0.237 e. The molecule has 122 valence electrons. The Morgan fingerprint density at radius 2 is 2.00 bits per heavy atom. The van der Waals surface area contributed by atoms with Gasteiger partial charge >= 0.3 is 0 Å². The summed E-state index contributed by atoms with van der Waals surface area (Å²) in [5.41, 5.74) is 3.52. The summed E-state index contributed by atoms with van der Waals surface area (Å²) in [6.45, 7) is 6.17. The summed E-state index contributed by atoms with van der Waals surface area (Å²) in [7, 11) is 5.82. The molecule has 7 nitrogen and oxygen atoms in total. The lowest BCUT2D eigenvalue weighted by Crippen LogP contribution is -2.36. The fourth-order valence-corrected chi connectivity index (χ4v) is 3.12. The van der Waals surface area contributed by atoms with Gasteiger partial charge in [0, 0.05) is 38.8 Å². The number of aromatic nitrogens is 2. The van der Waals surface area contributed by atoms with Gasteiger partial charge in [-0.3, -0.25) is 14.4 Å². The molecule has 3 heterocycles. The third kappa shape index (κ3) is 3.16. The van der Waals surface area contributed by atoms with Gasteiger partial charge in [-0.15, -0.1) is 0 Å². The summed E-state index contributed by atoms with van der Waals surface area (Å²) >= 11 is 0. The Bertz CT molecular complexity index is 548. The van der Waals surface area contributed by atoms with E-state index in [0.717, 1.165) is 38.5 Å². The van der Waals surface area contributed by atoms with E-state index in [-0.39, 0.29) is 5.91 Å². The lowest BCUT2D eigenvalue weighted by molar-refractivity contribution is -0.132. The minimum atomic E-state index is 0.179. The van der Waals surface area contributed by atoms with Crippen molar-refractivity contribution in [3.05, 3.63) is 17.0 Å². The van der Waals surface area contributed by atoms with Crippen LogP contribution in [0.2, 0.25) is 0 Å². The molecule has 0 unspecified atom stereocenters. The van der Waals surface area contributed by atoms with E-state index in [2.05, 4.69) is 10.00 Å². The van der Waals surface area contributed by atoms with Crippen molar-refractivity contribution in [2.75, 3.05) is 46.9 Å². The maximum Gasteiger partial charge on any atom is 0.237 e. The Balaban J connectivity index is 1.70. The molecule has 0 saturated carbocycles. The van der Waals surface area contributed by atoms with E-state index in [9.17, 15) is 4.79 Å². The third-order valence-corrected chi connectivity index (χ3v) is 4.33. The summed E-state index contributed by atoms with van der Waals surface area (Å²) in [5, 5.41) is 4.67. The number of hydrogen-bond donors (Lipinski definition) is 0. The lowest BCUT2D eigenvalue weighted by Gasteiger charge is -2.26. The topological polar surface area (TPSA) is 53.8 Å². The molecule has 1 aromatic rings. The fraction of sp³-hybridized carbons (Fsp3) is 0.733. The molecule has 0 atom stereocenters. The zero-order valence-corrected chi connectivity index (χ0v) is 13.7. The third-order valence-electron chi connectivity index (χ3n) is 4.33. The van der Waals surface area contributed by atoms with Crippen molar-refractivity contribution in [2.45, 2.75) is 19.6 Å². The molecule has 1 amide bonds. The average Bonchev–Trinajstić information content (AvgIpc) is 3.02. The van der Waals surface area contributed by atoms with Crippen molar-refractivity contribution in [3.63, 3.8) is 0 Å². The van der Waals surface area contributed by atoms with E-state index in [1.807, 2.05) is 35.6 Å². The van der Waals surface area contributed by atoms with Gasteiger partial charge in [-0.1, -0.05) is 0 Å². The van der Waals surface area contributed by atoms with Crippen molar-refractivity contribution in [3.8, 4) is 0 Å². The molecule has 2 aliphatic rings. The minimum Gasteiger partial charge on any atom is -0.379 e. The first-order valence-electron chi connectivity index (χ1n) is 7.81. The monoisotopic (exact) mass is 307 g/mol. The highest BCUT2D eigenvalue weighted by Crippen LogP contribution is 2.26. The Hall–Kier alpha value is -1.44. The maximum absolute atomic E-state index is 12.3. The molecule has 0 spiro atoms. The van der Waals surface area contributed by atoms with E-state index in [1.165, 1.54) is 11.3 Å². The van der Waals surface area contributed by atoms with E-state index < -0.39 is 0 Å². The number of carbonyl (C=O) groups is 1. The van der Waals surface area contributed by atoms with Crippen molar-refractivity contribution in [1.82, 2.24) is 24.5 Å². The zero-order valence-electron chi connectivity index (χ0n) is 13.7. The van der Waals surface area contributed by atoms with Crippen molar-refractivity contribution in [2.24, 2.45) is 7.05 Å². The summed E-state index contributed by atoms with van der Waals surface area (Å²) < 4.78 is 7.33. The van der Waals surface area contributed by atoms with Crippen LogP contribution in [0.1, 0.15) is 17.0 Å². The zero-order chi connectivity index (χ0) is 15.7. The number of aryl methyl sites for hydroxylation is 1. The molecule has 3 rings (SSSR count). The van der Waals surface area contributed by atoms with Crippen LogP contribution in [0.25, 0.3) is 0 Å². The van der Waals surface area contributed by atoms with Crippen LogP contribution in [0.5, 0.6) is 0 Å². The number of fused-ring (bicyclic) bond motifs is 1. The predicted octanol–water partition coefficient (Wildman–Crippen LogP) is -0.344. The molecule has 0 radical (unpaired) electrons. The van der Waals surface area contributed by atoms with E-state index in [1.54, 1.807) is 0 Å². The second kappa shape index (κ2) is 6.36. The number of rotatable bonds is 4. The molecule has 7 heteroatoms. The fourth-order valence-electron chi connectivity index (χ4n) is 3.12. The normalized spacial score (nSPS) is 19.0. The van der Waals surface area contributed by atoms with Crippen LogP contribution in [0.4, 0.5) is 0 Å². The molecular weight excluding hydrogens is 282 g/mol. The Morgan fingerprint density at radius 1 is 1.27 bits per heavy atom. The SMILES string of the molecule is CN(C)CC(=O)N1Cc2c(CN3CCOCC3)nn(C)c2C1. The molecule has 1 fully saturated rings. The highest BCUT2D eigenvalue weighted by Gasteiger charge is 2.30. The number of morpholine rings is 1. The van der Waals surface area contributed by atoms with Crippen LogP contribution < -0.4 is 0 Å². The molecule has 0 aromatic carbocycles. The van der Waals surface area contributed by atoms with Crippen LogP contribution in [0, 0.1) is 0 Å². The highest BCUT2D eigenvalue weighted by molar-refractivity contribution is 5.78. The molecule has 2 aliphatic heterocycles. The van der Waals surface area contributed by atoms with Crippen LogP contribution >= 0.6 is 0 Å². The van der Waals surface area contributed by atoms with Gasteiger partial charge in [-0.25, -0.2) is 0 Å². The Morgan fingerprint density at radius 3 is 2.68 bits per heavy atom. The van der Waals surface area contributed by atoms with Crippen LogP contribution in [0.15, 0.2) is 0 Å². The largest absolute Gasteiger partial charge is 0.379 e. The van der Waals surface area contributed by atoms with Gasteiger partial charge in [0.1, 0.15) is 0 Å². The lowest BCUT2D eigenvalue weighted by atomic mass is 10.2. The number of hydrogen-bond acceptors (Lipinski definition) is 5. The first kappa shape index (κ1) is 15.5. The van der Waals surface area contributed by atoms with Gasteiger partial charge in [0.25, 0.3) is 0 Å². The first-order valence-corrected chi connectivity index (χ1v) is 7.81. The second-order valence-corrected chi connectivity index (χ2v) is 6.37. The van der Waals surface area contributed by atoms with Gasteiger partial charge in [0.15, 0.2) is 0 Å². The van der Waals surface area contributed by atoms with Crippen molar-refractivity contribution >= 4 is 5.91 Å².